The average molecular weight is 410 g/mol. The van der Waals surface area contributed by atoms with E-state index in [1.54, 1.807) is 18.2 Å². The highest BCUT2D eigenvalue weighted by Gasteiger charge is 2.24. The fraction of sp³-hybridized carbons (Fsp3) is 0.611. The van der Waals surface area contributed by atoms with Gasteiger partial charge in [0.25, 0.3) is 0 Å². The van der Waals surface area contributed by atoms with Crippen molar-refractivity contribution in [3.8, 4) is 5.75 Å². The number of piperidine rings is 1. The van der Waals surface area contributed by atoms with Gasteiger partial charge in [0.2, 0.25) is 5.91 Å². The van der Waals surface area contributed by atoms with Gasteiger partial charge in [-0.05, 0) is 57.0 Å². The predicted molar refractivity (Wildman–Crippen MR) is 106 cm³/mol. The van der Waals surface area contributed by atoms with Crippen molar-refractivity contribution >= 4 is 41.5 Å². The minimum atomic E-state index is 0. The van der Waals surface area contributed by atoms with Crippen LogP contribution in [0.25, 0.3) is 0 Å². The molecule has 0 spiro atoms. The second-order valence-electron chi connectivity index (χ2n) is 6.10. The highest BCUT2D eigenvalue weighted by molar-refractivity contribution is 6.35. The van der Waals surface area contributed by atoms with Crippen LogP contribution >= 0.6 is 35.6 Å². The largest absolute Gasteiger partial charge is 0.492 e. The van der Waals surface area contributed by atoms with E-state index in [9.17, 15) is 4.79 Å². The first-order chi connectivity index (χ1) is 11.6. The zero-order valence-corrected chi connectivity index (χ0v) is 16.9. The fourth-order valence-corrected chi connectivity index (χ4v) is 3.47. The molecule has 1 aliphatic heterocycles. The molecule has 0 saturated carbocycles. The summed E-state index contributed by atoms with van der Waals surface area (Å²) in [4.78, 5) is 14.6. The molecule has 0 atom stereocenters. The number of hydrogen-bond acceptors (Lipinski definition) is 3. The lowest BCUT2D eigenvalue weighted by atomic mass is 10.0. The Labute approximate surface area is 166 Å². The lowest BCUT2D eigenvalue weighted by molar-refractivity contribution is -0.134. The Morgan fingerprint density at radius 2 is 2.04 bits per heavy atom. The maximum Gasteiger partial charge on any atom is 0.222 e. The van der Waals surface area contributed by atoms with Crippen LogP contribution in [0, 0.1) is 0 Å². The molecule has 1 heterocycles. The van der Waals surface area contributed by atoms with Crippen molar-refractivity contribution in [3.05, 3.63) is 28.2 Å². The SMILES string of the molecule is CCCN(C(=O)CCCOc1ccc(Cl)cc1Cl)C1CCNCC1.Cl. The van der Waals surface area contributed by atoms with Crippen molar-refractivity contribution in [3.63, 3.8) is 0 Å². The number of rotatable bonds is 8. The number of halogens is 3. The normalized spacial score (nSPS) is 14.7. The molecular weight excluding hydrogens is 383 g/mol. The van der Waals surface area contributed by atoms with Crippen molar-refractivity contribution in [1.82, 2.24) is 10.2 Å². The van der Waals surface area contributed by atoms with Gasteiger partial charge >= 0.3 is 0 Å². The third-order valence-corrected chi connectivity index (χ3v) is 4.75. The molecule has 0 aliphatic carbocycles. The zero-order chi connectivity index (χ0) is 17.4. The molecule has 7 heteroatoms. The number of carbonyl (C=O) groups excluding carboxylic acids is 1. The van der Waals surface area contributed by atoms with Crippen LogP contribution in [0.15, 0.2) is 18.2 Å². The molecule has 1 aromatic rings. The molecule has 1 aliphatic rings. The molecule has 1 N–H and O–H groups in total. The van der Waals surface area contributed by atoms with E-state index in [-0.39, 0.29) is 18.3 Å². The van der Waals surface area contributed by atoms with Gasteiger partial charge in [-0.1, -0.05) is 30.1 Å². The summed E-state index contributed by atoms with van der Waals surface area (Å²) >= 11 is 11.9. The van der Waals surface area contributed by atoms with E-state index < -0.39 is 0 Å². The van der Waals surface area contributed by atoms with Gasteiger partial charge in [-0.3, -0.25) is 4.79 Å². The van der Waals surface area contributed by atoms with E-state index in [4.69, 9.17) is 27.9 Å². The van der Waals surface area contributed by atoms with Gasteiger partial charge in [-0.15, -0.1) is 12.4 Å². The predicted octanol–water partition coefficient (Wildman–Crippen LogP) is 4.56. The second-order valence-corrected chi connectivity index (χ2v) is 6.94. The number of hydrogen-bond donors (Lipinski definition) is 1. The van der Waals surface area contributed by atoms with Gasteiger partial charge in [0.15, 0.2) is 0 Å². The van der Waals surface area contributed by atoms with Crippen molar-refractivity contribution in [2.45, 2.75) is 45.1 Å². The second kappa shape index (κ2) is 11.8. The molecule has 0 unspecified atom stereocenters. The minimum absolute atomic E-state index is 0. The molecular formula is C18H27Cl3N2O2. The third kappa shape index (κ3) is 7.22. The Morgan fingerprint density at radius 3 is 2.68 bits per heavy atom. The lowest BCUT2D eigenvalue weighted by Gasteiger charge is -2.34. The van der Waals surface area contributed by atoms with Crippen LogP contribution in [0.4, 0.5) is 0 Å². The van der Waals surface area contributed by atoms with Crippen molar-refractivity contribution in [2.75, 3.05) is 26.2 Å². The van der Waals surface area contributed by atoms with Crippen LogP contribution in [0.1, 0.15) is 39.0 Å². The Morgan fingerprint density at radius 1 is 1.32 bits per heavy atom. The first-order valence-electron chi connectivity index (χ1n) is 8.70. The van der Waals surface area contributed by atoms with Crippen LogP contribution in [-0.4, -0.2) is 43.1 Å². The molecule has 1 aromatic carbocycles. The number of nitrogens with zero attached hydrogens (tertiary/aromatic N) is 1. The van der Waals surface area contributed by atoms with Gasteiger partial charge in [-0.25, -0.2) is 0 Å². The summed E-state index contributed by atoms with van der Waals surface area (Å²) in [6, 6.07) is 5.54. The quantitative estimate of drug-likeness (QED) is 0.640. The lowest BCUT2D eigenvalue weighted by Crippen LogP contribution is -2.46. The molecule has 1 amide bonds. The summed E-state index contributed by atoms with van der Waals surface area (Å²) in [5, 5.41) is 4.43. The third-order valence-electron chi connectivity index (χ3n) is 4.22. The maximum absolute atomic E-state index is 12.6. The van der Waals surface area contributed by atoms with Crippen LogP contribution < -0.4 is 10.1 Å². The fourth-order valence-electron chi connectivity index (χ4n) is 3.01. The van der Waals surface area contributed by atoms with Gasteiger partial charge < -0.3 is 15.0 Å². The van der Waals surface area contributed by atoms with E-state index >= 15 is 0 Å². The van der Waals surface area contributed by atoms with E-state index in [1.165, 1.54) is 0 Å². The molecule has 1 saturated heterocycles. The number of carbonyl (C=O) groups is 1. The van der Waals surface area contributed by atoms with Crippen LogP contribution in [0.3, 0.4) is 0 Å². The molecule has 1 fully saturated rings. The van der Waals surface area contributed by atoms with Gasteiger partial charge in [-0.2, -0.15) is 0 Å². The Kier molecular flexibility index (Phi) is 10.6. The molecule has 0 aromatic heterocycles. The molecule has 0 bridgehead atoms. The van der Waals surface area contributed by atoms with Crippen LogP contribution in [-0.2, 0) is 4.79 Å². The van der Waals surface area contributed by atoms with Gasteiger partial charge in [0.1, 0.15) is 5.75 Å². The van der Waals surface area contributed by atoms with E-state index in [0.29, 0.717) is 41.3 Å². The molecule has 142 valence electrons. The standard InChI is InChI=1S/C18H26Cl2N2O2.ClH/c1-2-11-22(15-7-9-21-10-8-15)18(23)4-3-12-24-17-6-5-14(19)13-16(17)20;/h5-6,13,15,21H,2-4,7-12H2,1H3;1H. The highest BCUT2D eigenvalue weighted by atomic mass is 35.5. The summed E-state index contributed by atoms with van der Waals surface area (Å²) in [7, 11) is 0. The van der Waals surface area contributed by atoms with Crippen molar-refractivity contribution in [2.24, 2.45) is 0 Å². The summed E-state index contributed by atoms with van der Waals surface area (Å²) in [5.74, 6) is 0.840. The smallest absolute Gasteiger partial charge is 0.222 e. The van der Waals surface area contributed by atoms with E-state index in [1.807, 2.05) is 0 Å². The minimum Gasteiger partial charge on any atom is -0.492 e. The highest BCUT2D eigenvalue weighted by Crippen LogP contribution is 2.27. The average Bonchev–Trinajstić information content (AvgIpc) is 2.58. The summed E-state index contributed by atoms with van der Waals surface area (Å²) in [6.07, 6.45) is 4.27. The molecule has 2 rings (SSSR count). The van der Waals surface area contributed by atoms with E-state index in [2.05, 4.69) is 17.1 Å². The first-order valence-corrected chi connectivity index (χ1v) is 9.45. The summed E-state index contributed by atoms with van der Waals surface area (Å²) in [5.41, 5.74) is 0. The monoisotopic (exact) mass is 408 g/mol. The zero-order valence-electron chi connectivity index (χ0n) is 14.6. The summed E-state index contributed by atoms with van der Waals surface area (Å²) in [6.45, 7) is 5.42. The Bertz CT molecular complexity index is 537. The maximum atomic E-state index is 12.6. The van der Waals surface area contributed by atoms with Gasteiger partial charge in [0.05, 0.1) is 11.6 Å². The van der Waals surface area contributed by atoms with Gasteiger partial charge in [0, 0.05) is 24.0 Å². The number of nitrogens with one attached hydrogen (secondary N) is 1. The van der Waals surface area contributed by atoms with Crippen molar-refractivity contribution in [1.29, 1.82) is 0 Å². The van der Waals surface area contributed by atoms with Crippen LogP contribution in [0.5, 0.6) is 5.75 Å². The number of benzene rings is 1. The van der Waals surface area contributed by atoms with E-state index in [0.717, 1.165) is 38.9 Å². The Balaban J connectivity index is 0.00000312. The molecule has 25 heavy (non-hydrogen) atoms. The van der Waals surface area contributed by atoms with Crippen LogP contribution in [0.2, 0.25) is 10.0 Å². The topological polar surface area (TPSA) is 41.6 Å². The summed E-state index contributed by atoms with van der Waals surface area (Å²) < 4.78 is 5.66. The number of amides is 1. The first kappa shape index (κ1) is 22.4. The molecule has 0 radical (unpaired) electrons. The Hall–Kier alpha value is -0.680. The molecule has 4 nitrogen and oxygen atoms in total. The number of ether oxygens (including phenoxy) is 1. The van der Waals surface area contributed by atoms with Crippen molar-refractivity contribution < 1.29 is 9.53 Å².